The van der Waals surface area contributed by atoms with Crippen molar-refractivity contribution in [1.29, 1.82) is 0 Å². The lowest BCUT2D eigenvalue weighted by atomic mass is 9.89. The summed E-state index contributed by atoms with van der Waals surface area (Å²) in [5.41, 5.74) is -0.340. The first-order valence-electron chi connectivity index (χ1n) is 7.37. The third kappa shape index (κ3) is 3.19. The van der Waals surface area contributed by atoms with Crippen molar-refractivity contribution in [2.45, 2.75) is 12.6 Å². The van der Waals surface area contributed by atoms with Gasteiger partial charge in [0.25, 0.3) is 0 Å². The van der Waals surface area contributed by atoms with Crippen molar-refractivity contribution in [2.75, 3.05) is 31.5 Å². The van der Waals surface area contributed by atoms with Crippen molar-refractivity contribution >= 4 is 11.7 Å². The van der Waals surface area contributed by atoms with Gasteiger partial charge >= 0.3 is 12.2 Å². The molecule has 7 heteroatoms. The molecule has 2 heterocycles. The molecule has 0 spiro atoms. The summed E-state index contributed by atoms with van der Waals surface area (Å²) in [4.78, 5) is 14.0. The van der Waals surface area contributed by atoms with Gasteiger partial charge in [0.15, 0.2) is 0 Å². The minimum absolute atomic E-state index is 0.245. The van der Waals surface area contributed by atoms with E-state index in [1.807, 2.05) is 0 Å². The molecule has 2 aliphatic heterocycles. The molecule has 4 nitrogen and oxygen atoms in total. The highest BCUT2D eigenvalue weighted by molar-refractivity contribution is 5.89. The summed E-state index contributed by atoms with van der Waals surface area (Å²) in [6.07, 6.45) is -3.39. The molecule has 1 aromatic carbocycles. The minimum Gasteiger partial charge on any atom is -0.324 e. The van der Waals surface area contributed by atoms with Crippen LogP contribution in [0.2, 0.25) is 0 Å². The van der Waals surface area contributed by atoms with Crippen LogP contribution in [0.5, 0.6) is 0 Å². The van der Waals surface area contributed by atoms with Crippen LogP contribution in [0.15, 0.2) is 24.3 Å². The summed E-state index contributed by atoms with van der Waals surface area (Å²) in [5.74, 6) is 1.11. The number of carbonyl (C=O) groups is 1. The van der Waals surface area contributed by atoms with Gasteiger partial charge in [0.2, 0.25) is 0 Å². The van der Waals surface area contributed by atoms with Gasteiger partial charge in [-0.15, -0.1) is 0 Å². The number of rotatable bonds is 1. The molecule has 2 unspecified atom stereocenters. The van der Waals surface area contributed by atoms with E-state index in [0.29, 0.717) is 30.6 Å². The van der Waals surface area contributed by atoms with E-state index in [1.54, 1.807) is 4.90 Å². The standard InChI is InChI=1S/C15H18F3N3O/c16-15(17,18)12-1-3-13(4-2-12)20-14(22)21-6-5-10-7-19-8-11(10)9-21/h1-4,10-11,19H,5-9H2,(H,20,22). The molecule has 0 bridgehead atoms. The van der Waals surface area contributed by atoms with Gasteiger partial charge in [-0.3, -0.25) is 0 Å². The molecule has 0 saturated carbocycles. The van der Waals surface area contributed by atoms with Crippen LogP contribution in [0, 0.1) is 11.8 Å². The first-order chi connectivity index (χ1) is 10.4. The molecule has 120 valence electrons. The highest BCUT2D eigenvalue weighted by atomic mass is 19.4. The smallest absolute Gasteiger partial charge is 0.324 e. The SMILES string of the molecule is O=C(Nc1ccc(C(F)(F)F)cc1)N1CCC2CNCC2C1. The predicted octanol–water partition coefficient (Wildman–Crippen LogP) is 2.78. The summed E-state index contributed by atoms with van der Waals surface area (Å²) in [6.45, 7) is 3.33. The number of anilines is 1. The van der Waals surface area contributed by atoms with E-state index < -0.39 is 11.7 Å². The molecule has 2 N–H and O–H groups in total. The first-order valence-corrected chi connectivity index (χ1v) is 7.37. The van der Waals surface area contributed by atoms with Crippen molar-refractivity contribution < 1.29 is 18.0 Å². The van der Waals surface area contributed by atoms with Gasteiger partial charge in [-0.25, -0.2) is 4.79 Å². The van der Waals surface area contributed by atoms with E-state index in [9.17, 15) is 18.0 Å². The topological polar surface area (TPSA) is 44.4 Å². The van der Waals surface area contributed by atoms with E-state index in [-0.39, 0.29) is 6.03 Å². The predicted molar refractivity (Wildman–Crippen MR) is 76.5 cm³/mol. The molecule has 0 aliphatic carbocycles. The Balaban J connectivity index is 1.59. The van der Waals surface area contributed by atoms with Gasteiger partial charge in [0, 0.05) is 18.8 Å². The van der Waals surface area contributed by atoms with Gasteiger partial charge in [0.05, 0.1) is 5.56 Å². The Kier molecular flexibility index (Phi) is 3.99. The number of halogens is 3. The lowest BCUT2D eigenvalue weighted by molar-refractivity contribution is -0.137. The van der Waals surface area contributed by atoms with Gasteiger partial charge in [-0.1, -0.05) is 0 Å². The molecule has 2 atom stereocenters. The van der Waals surface area contributed by atoms with Crippen molar-refractivity contribution in [3.8, 4) is 0 Å². The molecular weight excluding hydrogens is 295 g/mol. The maximum Gasteiger partial charge on any atom is 0.416 e. The second kappa shape index (κ2) is 5.79. The number of urea groups is 1. The van der Waals surface area contributed by atoms with Crippen LogP contribution in [-0.4, -0.2) is 37.1 Å². The molecule has 2 aliphatic rings. The zero-order valence-corrected chi connectivity index (χ0v) is 12.0. The van der Waals surface area contributed by atoms with E-state index in [1.165, 1.54) is 12.1 Å². The Hall–Kier alpha value is -1.76. The molecule has 2 fully saturated rings. The highest BCUT2D eigenvalue weighted by Gasteiger charge is 2.34. The Morgan fingerprint density at radius 3 is 2.55 bits per heavy atom. The number of likely N-dealkylation sites (tertiary alicyclic amines) is 1. The fraction of sp³-hybridized carbons (Fsp3) is 0.533. The summed E-state index contributed by atoms with van der Waals surface area (Å²) >= 11 is 0. The van der Waals surface area contributed by atoms with Crippen molar-refractivity contribution in [1.82, 2.24) is 10.2 Å². The van der Waals surface area contributed by atoms with Crippen molar-refractivity contribution in [3.63, 3.8) is 0 Å². The second-order valence-corrected chi connectivity index (χ2v) is 5.92. The molecule has 3 rings (SSSR count). The Morgan fingerprint density at radius 2 is 1.86 bits per heavy atom. The van der Waals surface area contributed by atoms with E-state index in [2.05, 4.69) is 10.6 Å². The number of amides is 2. The number of benzene rings is 1. The normalized spacial score (nSPS) is 25.0. The average Bonchev–Trinajstić information content (AvgIpc) is 2.94. The summed E-state index contributed by atoms with van der Waals surface area (Å²) in [6, 6.07) is 4.27. The molecule has 0 radical (unpaired) electrons. The third-order valence-corrected chi connectivity index (χ3v) is 4.46. The average molecular weight is 313 g/mol. The van der Waals surface area contributed by atoms with Gasteiger partial charge in [0.1, 0.15) is 0 Å². The van der Waals surface area contributed by atoms with Crippen LogP contribution in [0.3, 0.4) is 0 Å². The maximum atomic E-state index is 12.5. The number of hydrogen-bond donors (Lipinski definition) is 2. The van der Waals surface area contributed by atoms with E-state index >= 15 is 0 Å². The zero-order chi connectivity index (χ0) is 15.7. The van der Waals surface area contributed by atoms with Crippen LogP contribution < -0.4 is 10.6 Å². The van der Waals surface area contributed by atoms with Crippen molar-refractivity contribution in [2.24, 2.45) is 11.8 Å². The minimum atomic E-state index is -4.36. The Labute approximate surface area is 126 Å². The number of piperidine rings is 1. The van der Waals surface area contributed by atoms with Crippen LogP contribution in [0.25, 0.3) is 0 Å². The summed E-state index contributed by atoms with van der Waals surface area (Å²) in [7, 11) is 0. The van der Waals surface area contributed by atoms with Crippen molar-refractivity contribution in [3.05, 3.63) is 29.8 Å². The highest BCUT2D eigenvalue weighted by Crippen LogP contribution is 2.30. The lowest BCUT2D eigenvalue weighted by Crippen LogP contribution is -2.45. The van der Waals surface area contributed by atoms with Gasteiger partial charge < -0.3 is 15.5 Å². The molecule has 0 aromatic heterocycles. The molecule has 1 aromatic rings. The molecular formula is C15H18F3N3O. The number of fused-ring (bicyclic) bond motifs is 1. The maximum absolute atomic E-state index is 12.5. The largest absolute Gasteiger partial charge is 0.416 e. The lowest BCUT2D eigenvalue weighted by Gasteiger charge is -2.34. The van der Waals surface area contributed by atoms with E-state index in [0.717, 1.165) is 31.6 Å². The second-order valence-electron chi connectivity index (χ2n) is 5.92. The van der Waals surface area contributed by atoms with Crippen LogP contribution >= 0.6 is 0 Å². The zero-order valence-electron chi connectivity index (χ0n) is 12.0. The molecule has 2 amide bonds. The Morgan fingerprint density at radius 1 is 1.18 bits per heavy atom. The van der Waals surface area contributed by atoms with Crippen LogP contribution in [-0.2, 0) is 6.18 Å². The van der Waals surface area contributed by atoms with Gasteiger partial charge in [-0.05, 0) is 55.6 Å². The molecule has 22 heavy (non-hydrogen) atoms. The van der Waals surface area contributed by atoms with Gasteiger partial charge in [-0.2, -0.15) is 13.2 Å². The monoisotopic (exact) mass is 313 g/mol. The number of nitrogens with one attached hydrogen (secondary N) is 2. The summed E-state index contributed by atoms with van der Waals surface area (Å²) < 4.78 is 37.5. The Bertz CT molecular complexity index is 544. The molecule has 2 saturated heterocycles. The van der Waals surface area contributed by atoms with E-state index in [4.69, 9.17) is 0 Å². The quantitative estimate of drug-likeness (QED) is 0.837. The number of nitrogens with zero attached hydrogens (tertiary/aromatic N) is 1. The number of carbonyl (C=O) groups excluding carboxylic acids is 1. The summed E-state index contributed by atoms with van der Waals surface area (Å²) in [5, 5.41) is 6.00. The third-order valence-electron chi connectivity index (χ3n) is 4.46. The van der Waals surface area contributed by atoms with Crippen LogP contribution in [0.4, 0.5) is 23.7 Å². The first kappa shape index (κ1) is 15.1. The number of hydrogen-bond acceptors (Lipinski definition) is 2. The fourth-order valence-corrected chi connectivity index (χ4v) is 3.16. The fourth-order valence-electron chi connectivity index (χ4n) is 3.16. The van der Waals surface area contributed by atoms with Crippen LogP contribution in [0.1, 0.15) is 12.0 Å². The number of alkyl halides is 3.